The van der Waals surface area contributed by atoms with Crippen molar-refractivity contribution in [3.8, 4) is 0 Å². The number of carbonyl (C=O) groups is 1. The van der Waals surface area contributed by atoms with Gasteiger partial charge in [-0.3, -0.25) is 4.79 Å². The highest BCUT2D eigenvalue weighted by Gasteiger charge is 2.13. The van der Waals surface area contributed by atoms with E-state index >= 15 is 0 Å². The highest BCUT2D eigenvalue weighted by atomic mass is 35.5. The van der Waals surface area contributed by atoms with Gasteiger partial charge in [-0.05, 0) is 37.3 Å². The summed E-state index contributed by atoms with van der Waals surface area (Å²) in [4.78, 5) is 14.8. The molecular weight excluding hydrogens is 334 g/mol. The number of anilines is 1. The molecule has 0 radical (unpaired) electrons. The largest absolute Gasteiger partial charge is 0.440 e. The second-order valence-corrected chi connectivity index (χ2v) is 6.87. The minimum Gasteiger partial charge on any atom is -0.440 e. The maximum absolute atomic E-state index is 12.0. The third kappa shape index (κ3) is 5.33. The molecule has 23 heavy (non-hydrogen) atoms. The standard InChI is InChI=1S/C16H18ClN3O2S/c1-11(23-14-7-4-12(17)5-8-14)16(21)19-18-10-13-6-9-15(22-13)20(2)3/h4-11H,1-3H3,(H,19,21)/b18-10-/t11-/m1/s1. The number of hydrazone groups is 1. The molecule has 0 saturated carbocycles. The molecule has 0 spiro atoms. The summed E-state index contributed by atoms with van der Waals surface area (Å²) in [6.45, 7) is 1.82. The Bertz CT molecular complexity index is 683. The minimum absolute atomic E-state index is 0.180. The van der Waals surface area contributed by atoms with Crippen LogP contribution >= 0.6 is 23.4 Å². The zero-order valence-corrected chi connectivity index (χ0v) is 14.7. The van der Waals surface area contributed by atoms with Crippen molar-refractivity contribution in [3.05, 3.63) is 47.2 Å². The van der Waals surface area contributed by atoms with Crippen LogP contribution in [0.15, 0.2) is 50.8 Å². The number of furan rings is 1. The van der Waals surface area contributed by atoms with Crippen LogP contribution in [-0.2, 0) is 4.79 Å². The molecule has 0 unspecified atom stereocenters. The molecule has 0 saturated heterocycles. The average molecular weight is 352 g/mol. The van der Waals surface area contributed by atoms with E-state index in [0.29, 0.717) is 10.8 Å². The Morgan fingerprint density at radius 2 is 2.00 bits per heavy atom. The highest BCUT2D eigenvalue weighted by Crippen LogP contribution is 2.24. The second kappa shape index (κ2) is 8.08. The van der Waals surface area contributed by atoms with E-state index in [4.69, 9.17) is 16.0 Å². The van der Waals surface area contributed by atoms with E-state index in [-0.39, 0.29) is 11.2 Å². The third-order valence-electron chi connectivity index (χ3n) is 2.92. The van der Waals surface area contributed by atoms with Gasteiger partial charge in [0.15, 0.2) is 5.88 Å². The Morgan fingerprint density at radius 1 is 1.30 bits per heavy atom. The summed E-state index contributed by atoms with van der Waals surface area (Å²) >= 11 is 7.28. The number of thioether (sulfide) groups is 1. The summed E-state index contributed by atoms with van der Waals surface area (Å²) in [7, 11) is 3.77. The van der Waals surface area contributed by atoms with Crippen LogP contribution in [0.1, 0.15) is 12.7 Å². The minimum atomic E-state index is -0.276. The molecule has 122 valence electrons. The van der Waals surface area contributed by atoms with Gasteiger partial charge in [0.1, 0.15) is 5.76 Å². The first-order chi connectivity index (χ1) is 11.0. The number of nitrogens with one attached hydrogen (secondary N) is 1. The molecule has 0 aliphatic heterocycles. The van der Waals surface area contributed by atoms with Crippen LogP contribution in [0.25, 0.3) is 0 Å². The SMILES string of the molecule is C[C@@H](Sc1ccc(Cl)cc1)C(=O)N/N=C\c1ccc(N(C)C)o1. The maximum Gasteiger partial charge on any atom is 0.253 e. The molecule has 1 heterocycles. The molecule has 1 atom stereocenters. The van der Waals surface area contributed by atoms with Gasteiger partial charge in [-0.2, -0.15) is 5.10 Å². The van der Waals surface area contributed by atoms with Crippen molar-refractivity contribution in [2.75, 3.05) is 19.0 Å². The Morgan fingerprint density at radius 3 is 2.61 bits per heavy atom. The Balaban J connectivity index is 1.85. The Labute approximate surface area is 144 Å². The van der Waals surface area contributed by atoms with Crippen LogP contribution in [0.3, 0.4) is 0 Å². The number of rotatable bonds is 6. The summed E-state index contributed by atoms with van der Waals surface area (Å²) in [6, 6.07) is 11.0. The topological polar surface area (TPSA) is 57.8 Å². The molecule has 0 aliphatic carbocycles. The van der Waals surface area contributed by atoms with Crippen molar-refractivity contribution in [2.24, 2.45) is 5.10 Å². The maximum atomic E-state index is 12.0. The summed E-state index contributed by atoms with van der Waals surface area (Å²) in [5.74, 6) is 1.12. The lowest BCUT2D eigenvalue weighted by molar-refractivity contribution is -0.120. The number of amides is 1. The van der Waals surface area contributed by atoms with Crippen LogP contribution in [0.5, 0.6) is 0 Å². The van der Waals surface area contributed by atoms with Gasteiger partial charge in [-0.15, -0.1) is 11.8 Å². The predicted molar refractivity (Wildman–Crippen MR) is 95.5 cm³/mol. The molecule has 0 aliphatic rings. The van der Waals surface area contributed by atoms with Gasteiger partial charge in [-0.1, -0.05) is 11.6 Å². The Hall–Kier alpha value is -1.92. The fourth-order valence-corrected chi connectivity index (χ4v) is 2.66. The van der Waals surface area contributed by atoms with Crippen LogP contribution in [0.4, 0.5) is 5.88 Å². The average Bonchev–Trinajstić information content (AvgIpc) is 2.98. The van der Waals surface area contributed by atoms with Gasteiger partial charge in [0.25, 0.3) is 5.91 Å². The van der Waals surface area contributed by atoms with Gasteiger partial charge in [0.05, 0.1) is 11.5 Å². The van der Waals surface area contributed by atoms with Crippen LogP contribution in [-0.4, -0.2) is 31.5 Å². The fourth-order valence-electron chi connectivity index (χ4n) is 1.67. The number of benzene rings is 1. The first-order valence-electron chi connectivity index (χ1n) is 6.98. The van der Waals surface area contributed by atoms with E-state index in [2.05, 4.69) is 10.5 Å². The first-order valence-corrected chi connectivity index (χ1v) is 8.24. The molecule has 0 fully saturated rings. The van der Waals surface area contributed by atoms with Gasteiger partial charge >= 0.3 is 0 Å². The third-order valence-corrected chi connectivity index (χ3v) is 4.28. The number of nitrogens with zero attached hydrogens (tertiary/aromatic N) is 2. The van der Waals surface area contributed by atoms with E-state index in [9.17, 15) is 4.79 Å². The van der Waals surface area contributed by atoms with E-state index in [1.165, 1.54) is 18.0 Å². The van der Waals surface area contributed by atoms with Gasteiger partial charge in [0.2, 0.25) is 0 Å². The monoisotopic (exact) mass is 351 g/mol. The van der Waals surface area contributed by atoms with E-state index in [1.54, 1.807) is 18.2 Å². The lowest BCUT2D eigenvalue weighted by atomic mass is 10.4. The van der Waals surface area contributed by atoms with Crippen LogP contribution < -0.4 is 10.3 Å². The molecule has 0 bridgehead atoms. The summed E-state index contributed by atoms with van der Waals surface area (Å²) in [5.41, 5.74) is 2.51. The van der Waals surface area contributed by atoms with Crippen LogP contribution in [0, 0.1) is 0 Å². The number of carbonyl (C=O) groups excluding carboxylic acids is 1. The van der Waals surface area contributed by atoms with Crippen molar-refractivity contribution >= 4 is 41.4 Å². The summed E-state index contributed by atoms with van der Waals surface area (Å²) < 4.78 is 5.50. The predicted octanol–water partition coefficient (Wildman–Crippen LogP) is 3.63. The molecule has 7 heteroatoms. The number of halogens is 1. The van der Waals surface area contributed by atoms with Crippen molar-refractivity contribution in [1.29, 1.82) is 0 Å². The molecule has 1 aromatic heterocycles. The van der Waals surface area contributed by atoms with Crippen molar-refractivity contribution < 1.29 is 9.21 Å². The van der Waals surface area contributed by atoms with Crippen molar-refractivity contribution in [1.82, 2.24) is 5.43 Å². The quantitative estimate of drug-likeness (QED) is 0.490. The zero-order chi connectivity index (χ0) is 16.8. The van der Waals surface area contributed by atoms with Crippen molar-refractivity contribution in [2.45, 2.75) is 17.1 Å². The van der Waals surface area contributed by atoms with Gasteiger partial charge < -0.3 is 9.32 Å². The van der Waals surface area contributed by atoms with E-state index < -0.39 is 0 Å². The zero-order valence-electron chi connectivity index (χ0n) is 13.1. The fraction of sp³-hybridized carbons (Fsp3) is 0.250. The Kier molecular flexibility index (Phi) is 6.12. The molecular formula is C16H18ClN3O2S. The van der Waals surface area contributed by atoms with Gasteiger partial charge in [-0.25, -0.2) is 5.43 Å². The summed E-state index contributed by atoms with van der Waals surface area (Å²) in [5, 5.41) is 4.32. The number of hydrogen-bond acceptors (Lipinski definition) is 5. The van der Waals surface area contributed by atoms with E-state index in [0.717, 1.165) is 10.8 Å². The molecule has 2 aromatic rings. The lowest BCUT2D eigenvalue weighted by Crippen LogP contribution is -2.26. The lowest BCUT2D eigenvalue weighted by Gasteiger charge is -2.09. The van der Waals surface area contributed by atoms with E-state index in [1.807, 2.05) is 44.1 Å². The molecule has 2 rings (SSSR count). The molecule has 1 amide bonds. The summed E-state index contributed by atoms with van der Waals surface area (Å²) in [6.07, 6.45) is 1.48. The van der Waals surface area contributed by atoms with Crippen LogP contribution in [0.2, 0.25) is 5.02 Å². The van der Waals surface area contributed by atoms with Crippen molar-refractivity contribution in [3.63, 3.8) is 0 Å². The first kappa shape index (κ1) is 17.4. The molecule has 5 nitrogen and oxygen atoms in total. The molecule has 1 aromatic carbocycles. The number of hydrogen-bond donors (Lipinski definition) is 1. The highest BCUT2D eigenvalue weighted by molar-refractivity contribution is 8.00. The van der Waals surface area contributed by atoms with Gasteiger partial charge in [0, 0.05) is 30.1 Å². The molecule has 1 N–H and O–H groups in total. The second-order valence-electron chi connectivity index (χ2n) is 5.02. The smallest absolute Gasteiger partial charge is 0.253 e. The normalized spacial score (nSPS) is 12.3.